The molecule has 0 unspecified atom stereocenters. The Labute approximate surface area is 151 Å². The Morgan fingerprint density at radius 2 is 1.77 bits per heavy atom. The van der Waals surface area contributed by atoms with Gasteiger partial charge in [0.1, 0.15) is 30.4 Å². The van der Waals surface area contributed by atoms with Gasteiger partial charge in [-0.05, 0) is 31.2 Å². The second-order valence-corrected chi connectivity index (χ2v) is 5.58. The summed E-state index contributed by atoms with van der Waals surface area (Å²) in [7, 11) is 0. The Morgan fingerprint density at radius 1 is 1.08 bits per heavy atom. The van der Waals surface area contributed by atoms with Crippen molar-refractivity contribution >= 4 is 5.91 Å². The number of nitrogens with zero attached hydrogens (tertiary/aromatic N) is 1. The number of carbonyl (C=O) groups is 1. The molecule has 26 heavy (non-hydrogen) atoms. The van der Waals surface area contributed by atoms with Crippen LogP contribution in [-0.2, 0) is 0 Å². The number of aryl methyl sites for hydroxylation is 1. The van der Waals surface area contributed by atoms with E-state index in [9.17, 15) is 4.79 Å². The lowest BCUT2D eigenvalue weighted by Gasteiger charge is -2.09. The molecule has 0 saturated carbocycles. The molecule has 7 nitrogen and oxygen atoms in total. The lowest BCUT2D eigenvalue weighted by Crippen LogP contribution is -2.30. The molecule has 0 bridgehead atoms. The van der Waals surface area contributed by atoms with Gasteiger partial charge in [0.25, 0.3) is 5.91 Å². The molecule has 0 aliphatic rings. The minimum absolute atomic E-state index is 0.395. The maximum atomic E-state index is 12.0. The molecule has 0 saturated heterocycles. The van der Waals surface area contributed by atoms with Crippen molar-refractivity contribution in [1.29, 1.82) is 0 Å². The first-order chi connectivity index (χ1) is 12.7. The first-order valence-electron chi connectivity index (χ1n) is 8.16. The lowest BCUT2D eigenvalue weighted by atomic mass is 10.1. The predicted molar refractivity (Wildman–Crippen MR) is 97.8 cm³/mol. The number of rotatable bonds is 7. The van der Waals surface area contributed by atoms with E-state index in [1.165, 1.54) is 0 Å². The third-order valence-electron chi connectivity index (χ3n) is 3.78. The number of para-hydroxylation sites is 1. The van der Waals surface area contributed by atoms with Crippen LogP contribution in [0.5, 0.6) is 11.5 Å². The largest absolute Gasteiger partial charge is 0.490 e. The highest BCUT2D eigenvalue weighted by molar-refractivity contribution is 6.00. The number of aromatic amines is 1. The van der Waals surface area contributed by atoms with Gasteiger partial charge in [-0.2, -0.15) is 5.10 Å². The molecule has 0 aliphatic carbocycles. The summed E-state index contributed by atoms with van der Waals surface area (Å²) >= 11 is 0. The van der Waals surface area contributed by atoms with E-state index >= 15 is 0 Å². The van der Waals surface area contributed by atoms with Crippen LogP contribution in [0.3, 0.4) is 0 Å². The number of nitrogens with one attached hydrogen (secondary N) is 2. The summed E-state index contributed by atoms with van der Waals surface area (Å²) in [6.07, 6.45) is 0. The minimum Gasteiger partial charge on any atom is -0.490 e. The maximum absolute atomic E-state index is 12.0. The minimum atomic E-state index is -0.395. The first kappa shape index (κ1) is 17.5. The zero-order valence-corrected chi connectivity index (χ0v) is 14.4. The number of carbonyl (C=O) groups excluding carboxylic acids is 1. The van der Waals surface area contributed by atoms with Crippen molar-refractivity contribution in [2.75, 3.05) is 13.2 Å². The van der Waals surface area contributed by atoms with E-state index in [2.05, 4.69) is 15.6 Å². The van der Waals surface area contributed by atoms with Crippen LogP contribution in [0.2, 0.25) is 0 Å². The van der Waals surface area contributed by atoms with Gasteiger partial charge in [-0.3, -0.25) is 15.3 Å². The molecule has 134 valence electrons. The van der Waals surface area contributed by atoms with E-state index in [1.54, 1.807) is 6.92 Å². The van der Waals surface area contributed by atoms with Crippen LogP contribution < -0.4 is 20.7 Å². The van der Waals surface area contributed by atoms with E-state index in [0.717, 1.165) is 11.3 Å². The molecular formula is C19H20N4O3. The van der Waals surface area contributed by atoms with Crippen molar-refractivity contribution in [2.24, 2.45) is 5.84 Å². The van der Waals surface area contributed by atoms with Crippen LogP contribution in [0, 0.1) is 6.92 Å². The standard InChI is InChI=1S/C19H20N4O3/c1-13-17(19(24)21-20)18(23-22-13)14-6-5-9-16(12-14)26-11-10-25-15-7-3-2-4-8-15/h2-9,12H,10-11,20H2,1H3,(H,21,24)(H,22,23). The van der Waals surface area contributed by atoms with Gasteiger partial charge in [-0.15, -0.1) is 0 Å². The Morgan fingerprint density at radius 3 is 2.50 bits per heavy atom. The second-order valence-electron chi connectivity index (χ2n) is 5.58. The monoisotopic (exact) mass is 352 g/mol. The molecule has 2 aromatic carbocycles. The normalized spacial score (nSPS) is 10.4. The third-order valence-corrected chi connectivity index (χ3v) is 3.78. The summed E-state index contributed by atoms with van der Waals surface area (Å²) in [5, 5.41) is 7.02. The molecular weight excluding hydrogens is 332 g/mol. The van der Waals surface area contributed by atoms with Crippen molar-refractivity contribution < 1.29 is 14.3 Å². The number of amides is 1. The zero-order valence-electron chi connectivity index (χ0n) is 14.4. The van der Waals surface area contributed by atoms with Gasteiger partial charge in [0.2, 0.25) is 0 Å². The van der Waals surface area contributed by atoms with Crippen molar-refractivity contribution in [1.82, 2.24) is 15.6 Å². The van der Waals surface area contributed by atoms with Crippen molar-refractivity contribution in [2.45, 2.75) is 6.92 Å². The van der Waals surface area contributed by atoms with Crippen LogP contribution in [-0.4, -0.2) is 29.3 Å². The first-order valence-corrected chi connectivity index (χ1v) is 8.16. The molecule has 0 aliphatic heterocycles. The number of hydrogen-bond acceptors (Lipinski definition) is 5. The predicted octanol–water partition coefficient (Wildman–Crippen LogP) is 2.45. The lowest BCUT2D eigenvalue weighted by molar-refractivity contribution is 0.0953. The van der Waals surface area contributed by atoms with Crippen LogP contribution in [0.4, 0.5) is 0 Å². The van der Waals surface area contributed by atoms with E-state index in [1.807, 2.05) is 54.6 Å². The zero-order chi connectivity index (χ0) is 18.4. The molecule has 0 atom stereocenters. The number of nitrogens with two attached hydrogens (primary N) is 1. The third kappa shape index (κ3) is 4.01. The van der Waals surface area contributed by atoms with E-state index in [0.29, 0.717) is 35.9 Å². The highest BCUT2D eigenvalue weighted by Gasteiger charge is 2.18. The van der Waals surface area contributed by atoms with Gasteiger partial charge in [-0.1, -0.05) is 30.3 Å². The summed E-state index contributed by atoms with van der Waals surface area (Å²) < 4.78 is 11.3. The molecule has 1 amide bonds. The number of H-pyrrole nitrogens is 1. The van der Waals surface area contributed by atoms with Gasteiger partial charge in [0, 0.05) is 11.3 Å². The van der Waals surface area contributed by atoms with Crippen LogP contribution >= 0.6 is 0 Å². The number of nitrogen functional groups attached to an aromatic ring is 1. The Bertz CT molecular complexity index is 878. The fourth-order valence-electron chi connectivity index (χ4n) is 2.56. The van der Waals surface area contributed by atoms with Crippen LogP contribution in [0.15, 0.2) is 54.6 Å². The Hall–Kier alpha value is -3.32. The van der Waals surface area contributed by atoms with Crippen molar-refractivity contribution in [3.63, 3.8) is 0 Å². The molecule has 1 heterocycles. The average molecular weight is 352 g/mol. The molecule has 4 N–H and O–H groups in total. The SMILES string of the molecule is Cc1[nH]nc(-c2cccc(OCCOc3ccccc3)c2)c1C(=O)NN. The second kappa shape index (κ2) is 8.17. The smallest absolute Gasteiger partial charge is 0.269 e. The fraction of sp³-hybridized carbons (Fsp3) is 0.158. The molecule has 0 fully saturated rings. The summed E-state index contributed by atoms with van der Waals surface area (Å²) in [6.45, 7) is 2.59. The number of hydrogen-bond donors (Lipinski definition) is 3. The van der Waals surface area contributed by atoms with E-state index in [4.69, 9.17) is 15.3 Å². The highest BCUT2D eigenvalue weighted by Crippen LogP contribution is 2.26. The van der Waals surface area contributed by atoms with E-state index < -0.39 is 5.91 Å². The van der Waals surface area contributed by atoms with Crippen LogP contribution in [0.1, 0.15) is 16.1 Å². The van der Waals surface area contributed by atoms with Gasteiger partial charge >= 0.3 is 0 Å². The quantitative estimate of drug-likeness (QED) is 0.262. The molecule has 1 aromatic heterocycles. The molecule has 3 rings (SSSR count). The van der Waals surface area contributed by atoms with Gasteiger partial charge in [-0.25, -0.2) is 5.84 Å². The topological polar surface area (TPSA) is 102 Å². The maximum Gasteiger partial charge on any atom is 0.269 e. The van der Waals surface area contributed by atoms with Gasteiger partial charge in [0.15, 0.2) is 0 Å². The summed E-state index contributed by atoms with van der Waals surface area (Å²) in [6, 6.07) is 16.9. The van der Waals surface area contributed by atoms with Gasteiger partial charge < -0.3 is 9.47 Å². The number of benzene rings is 2. The fourth-order valence-corrected chi connectivity index (χ4v) is 2.56. The average Bonchev–Trinajstić information content (AvgIpc) is 3.07. The molecule has 7 heteroatoms. The highest BCUT2D eigenvalue weighted by atomic mass is 16.5. The number of aromatic nitrogens is 2. The number of hydrazine groups is 1. The van der Waals surface area contributed by atoms with Gasteiger partial charge in [0.05, 0.1) is 5.56 Å². The number of ether oxygens (including phenoxy) is 2. The Balaban J connectivity index is 1.66. The summed E-state index contributed by atoms with van der Waals surface area (Å²) in [5.41, 5.74) is 4.48. The van der Waals surface area contributed by atoms with E-state index in [-0.39, 0.29) is 0 Å². The Kier molecular flexibility index (Phi) is 5.50. The summed E-state index contributed by atoms with van der Waals surface area (Å²) in [4.78, 5) is 12.0. The van der Waals surface area contributed by atoms with Crippen molar-refractivity contribution in [3.8, 4) is 22.8 Å². The van der Waals surface area contributed by atoms with Crippen LogP contribution in [0.25, 0.3) is 11.3 Å². The summed E-state index contributed by atoms with van der Waals surface area (Å²) in [5.74, 6) is 6.33. The molecule has 0 radical (unpaired) electrons. The molecule has 0 spiro atoms. The molecule has 3 aromatic rings. The van der Waals surface area contributed by atoms with Crippen molar-refractivity contribution in [3.05, 3.63) is 65.9 Å².